The zero-order chi connectivity index (χ0) is 26.1. The molecule has 5 nitrogen and oxygen atoms in total. The van der Waals surface area contributed by atoms with E-state index >= 15 is 0 Å². The Kier molecular flexibility index (Phi) is 10.5. The van der Waals surface area contributed by atoms with Gasteiger partial charge in [-0.25, -0.2) is 4.98 Å². The van der Waals surface area contributed by atoms with Crippen molar-refractivity contribution in [3.8, 4) is 17.3 Å². The fourth-order valence-electron chi connectivity index (χ4n) is 4.98. The quantitative estimate of drug-likeness (QED) is 0.249. The van der Waals surface area contributed by atoms with Crippen LogP contribution in [0.2, 0.25) is 0 Å². The van der Waals surface area contributed by atoms with Gasteiger partial charge in [0, 0.05) is 24.2 Å². The largest absolute Gasteiger partial charge is 0.342 e. The molecule has 1 saturated carbocycles. The lowest BCUT2D eigenvalue weighted by atomic mass is 9.77. The van der Waals surface area contributed by atoms with Crippen molar-refractivity contribution >= 4 is 28.5 Å². The summed E-state index contributed by atoms with van der Waals surface area (Å²) in [4.78, 5) is 25.0. The standard InChI is InChI=1S/C27H28N4O.C2H6.CH3I/c1-18-29-17-26(30-18)25-15-23(9-10-24(25)22-3-2-4-22)27(32)31-13-11-21(12-14-31)20-7-5-19(16-28)6-8-20;2*1-2/h5-10,15,17,21-22H,2-4,11-14H2,1H3,(H,29,30);1-2H3;1H3. The van der Waals surface area contributed by atoms with Crippen LogP contribution in [0.15, 0.2) is 48.7 Å². The minimum Gasteiger partial charge on any atom is -0.342 e. The summed E-state index contributed by atoms with van der Waals surface area (Å²) in [5.74, 6) is 2.03. The number of halogens is 1. The van der Waals surface area contributed by atoms with Gasteiger partial charge in [-0.3, -0.25) is 4.79 Å². The van der Waals surface area contributed by atoms with E-state index in [4.69, 9.17) is 5.26 Å². The molecular weight excluding hydrogens is 559 g/mol. The van der Waals surface area contributed by atoms with Crippen LogP contribution in [0.4, 0.5) is 0 Å². The smallest absolute Gasteiger partial charge is 0.253 e. The molecule has 1 aliphatic heterocycles. The van der Waals surface area contributed by atoms with Crippen molar-refractivity contribution in [2.75, 3.05) is 18.0 Å². The summed E-state index contributed by atoms with van der Waals surface area (Å²) >= 11 is 2.15. The maximum absolute atomic E-state index is 13.3. The van der Waals surface area contributed by atoms with Crippen molar-refractivity contribution in [1.29, 1.82) is 5.26 Å². The van der Waals surface area contributed by atoms with Crippen molar-refractivity contribution < 1.29 is 4.79 Å². The number of hydrogen-bond acceptors (Lipinski definition) is 3. The molecule has 36 heavy (non-hydrogen) atoms. The van der Waals surface area contributed by atoms with Crippen molar-refractivity contribution in [2.45, 2.75) is 64.7 Å². The van der Waals surface area contributed by atoms with E-state index < -0.39 is 0 Å². The second-order valence-corrected chi connectivity index (χ2v) is 9.11. The van der Waals surface area contributed by atoms with E-state index in [1.807, 2.05) is 55.0 Å². The number of rotatable bonds is 4. The second kappa shape index (κ2) is 13.6. The van der Waals surface area contributed by atoms with Crippen LogP contribution in [-0.2, 0) is 0 Å². The summed E-state index contributed by atoms with van der Waals surface area (Å²) in [6, 6.07) is 16.3. The highest BCUT2D eigenvalue weighted by Gasteiger charge is 2.27. The molecule has 0 bridgehead atoms. The molecule has 1 N–H and O–H groups in total. The fourth-order valence-corrected chi connectivity index (χ4v) is 4.98. The number of nitrogens with one attached hydrogen (secondary N) is 1. The summed E-state index contributed by atoms with van der Waals surface area (Å²) < 4.78 is 0. The summed E-state index contributed by atoms with van der Waals surface area (Å²) in [6.45, 7) is 7.47. The zero-order valence-corrected chi connectivity index (χ0v) is 24.0. The number of aryl methyl sites for hydroxylation is 1. The Morgan fingerprint density at radius 3 is 2.22 bits per heavy atom. The number of hydrogen-bond donors (Lipinski definition) is 1. The monoisotopic (exact) mass is 596 g/mol. The Balaban J connectivity index is 0.000000861. The Morgan fingerprint density at radius 2 is 1.69 bits per heavy atom. The molecule has 190 valence electrons. The highest BCUT2D eigenvalue weighted by Crippen LogP contribution is 2.41. The van der Waals surface area contributed by atoms with Crippen molar-refractivity contribution in [1.82, 2.24) is 14.9 Å². The number of alkyl halides is 1. The third-order valence-corrected chi connectivity index (χ3v) is 7.13. The molecule has 0 unspecified atom stereocenters. The van der Waals surface area contributed by atoms with E-state index in [0.29, 0.717) is 17.4 Å². The summed E-state index contributed by atoms with van der Waals surface area (Å²) in [6.07, 6.45) is 7.49. The minimum atomic E-state index is 0.112. The third-order valence-electron chi connectivity index (χ3n) is 7.13. The maximum Gasteiger partial charge on any atom is 0.253 e. The first-order valence-corrected chi connectivity index (χ1v) is 15.1. The van der Waals surface area contributed by atoms with Gasteiger partial charge >= 0.3 is 0 Å². The molecular formula is C30H37IN4O. The first-order valence-electron chi connectivity index (χ1n) is 13.0. The Labute approximate surface area is 229 Å². The van der Waals surface area contributed by atoms with Gasteiger partial charge in [-0.2, -0.15) is 5.26 Å². The van der Waals surface area contributed by atoms with Gasteiger partial charge < -0.3 is 9.88 Å². The summed E-state index contributed by atoms with van der Waals surface area (Å²) in [5.41, 5.74) is 6.16. The van der Waals surface area contributed by atoms with Crippen molar-refractivity contribution in [2.24, 2.45) is 0 Å². The van der Waals surface area contributed by atoms with Gasteiger partial charge in [-0.1, -0.05) is 61.1 Å². The lowest BCUT2D eigenvalue weighted by molar-refractivity contribution is 0.0713. The number of aromatic amines is 1. The molecule has 1 aromatic heterocycles. The van der Waals surface area contributed by atoms with Gasteiger partial charge in [-0.15, -0.1) is 0 Å². The molecule has 1 amide bonds. The molecule has 0 spiro atoms. The number of likely N-dealkylation sites (tertiary alicyclic amines) is 1. The van der Waals surface area contributed by atoms with Crippen LogP contribution in [0.25, 0.3) is 11.3 Å². The molecule has 5 rings (SSSR count). The van der Waals surface area contributed by atoms with Crippen LogP contribution in [-0.4, -0.2) is 38.8 Å². The number of carbonyl (C=O) groups excluding carboxylic acids is 1. The van der Waals surface area contributed by atoms with Crippen LogP contribution >= 0.6 is 22.6 Å². The minimum absolute atomic E-state index is 0.112. The van der Waals surface area contributed by atoms with Crippen LogP contribution in [0, 0.1) is 18.3 Å². The lowest BCUT2D eigenvalue weighted by Gasteiger charge is -2.33. The van der Waals surface area contributed by atoms with E-state index in [9.17, 15) is 4.79 Å². The number of benzene rings is 2. The van der Waals surface area contributed by atoms with Crippen molar-refractivity contribution in [3.63, 3.8) is 0 Å². The first kappa shape index (κ1) is 27.9. The van der Waals surface area contributed by atoms with Crippen LogP contribution in [0.3, 0.4) is 0 Å². The normalized spacial score (nSPS) is 15.5. The number of piperidine rings is 1. The average molecular weight is 597 g/mol. The Hall–Kier alpha value is -2.66. The van der Waals surface area contributed by atoms with Gasteiger partial charge in [0.05, 0.1) is 23.5 Å². The number of amides is 1. The predicted molar refractivity (Wildman–Crippen MR) is 156 cm³/mol. The SMILES string of the molecule is CC.CI.Cc1ncc(-c2cc(C(=O)N3CCC(c4ccc(C#N)cc4)CC3)ccc2C2CCC2)[nH]1. The van der Waals surface area contributed by atoms with E-state index in [1.165, 1.54) is 30.4 Å². The van der Waals surface area contributed by atoms with E-state index in [0.717, 1.165) is 48.6 Å². The van der Waals surface area contributed by atoms with E-state index in [1.54, 1.807) is 0 Å². The fraction of sp³-hybridized carbons (Fsp3) is 0.433. The highest BCUT2D eigenvalue weighted by molar-refractivity contribution is 14.1. The van der Waals surface area contributed by atoms with Crippen LogP contribution < -0.4 is 0 Å². The maximum atomic E-state index is 13.3. The second-order valence-electron chi connectivity index (χ2n) is 9.11. The third kappa shape index (κ3) is 6.36. The molecule has 3 aromatic rings. The van der Waals surface area contributed by atoms with Crippen LogP contribution in [0.5, 0.6) is 0 Å². The Morgan fingerprint density at radius 1 is 1.03 bits per heavy atom. The van der Waals surface area contributed by atoms with E-state index in [-0.39, 0.29) is 5.91 Å². The molecule has 1 aliphatic carbocycles. The predicted octanol–water partition coefficient (Wildman–Crippen LogP) is 7.62. The molecule has 2 aromatic carbocycles. The number of imidazole rings is 1. The molecule has 2 aliphatic rings. The molecule has 0 atom stereocenters. The molecule has 2 heterocycles. The van der Waals surface area contributed by atoms with Gasteiger partial charge in [0.25, 0.3) is 5.91 Å². The first-order chi connectivity index (χ1) is 17.6. The van der Waals surface area contributed by atoms with Gasteiger partial charge in [-0.05, 0) is 84.8 Å². The topological polar surface area (TPSA) is 72.8 Å². The number of nitrogens with zero attached hydrogens (tertiary/aromatic N) is 3. The highest BCUT2D eigenvalue weighted by atomic mass is 127. The van der Waals surface area contributed by atoms with Gasteiger partial charge in [0.2, 0.25) is 0 Å². The summed E-state index contributed by atoms with van der Waals surface area (Å²) in [5, 5.41) is 9.00. The molecule has 1 saturated heterocycles. The van der Waals surface area contributed by atoms with E-state index in [2.05, 4.69) is 62.9 Å². The number of aromatic nitrogens is 2. The summed E-state index contributed by atoms with van der Waals surface area (Å²) in [7, 11) is 0. The molecule has 2 fully saturated rings. The van der Waals surface area contributed by atoms with Crippen molar-refractivity contribution in [3.05, 3.63) is 76.7 Å². The number of H-pyrrole nitrogens is 1. The average Bonchev–Trinajstić information content (AvgIpc) is 3.36. The van der Waals surface area contributed by atoms with Crippen LogP contribution in [0.1, 0.15) is 90.7 Å². The zero-order valence-electron chi connectivity index (χ0n) is 21.9. The van der Waals surface area contributed by atoms with Gasteiger partial charge in [0.1, 0.15) is 5.82 Å². The molecule has 0 radical (unpaired) electrons. The lowest BCUT2D eigenvalue weighted by Crippen LogP contribution is -2.38. The number of nitriles is 1. The molecule has 6 heteroatoms. The van der Waals surface area contributed by atoms with Gasteiger partial charge in [0.15, 0.2) is 0 Å². The Bertz CT molecular complexity index is 1170. The number of carbonyl (C=O) groups is 1.